The molecular weight excluding hydrogens is 313 g/mol. The Morgan fingerprint density at radius 3 is 2.62 bits per heavy atom. The van der Waals surface area contributed by atoms with E-state index in [1.807, 2.05) is 13.0 Å². The lowest BCUT2D eigenvalue weighted by Crippen LogP contribution is -2.36. The van der Waals surface area contributed by atoms with E-state index in [1.165, 1.54) is 18.2 Å². The summed E-state index contributed by atoms with van der Waals surface area (Å²) in [6.07, 6.45) is 1.16. The Balaban J connectivity index is 2.76. The number of nitrogens with zero attached hydrogens (tertiary/aromatic N) is 2. The molecule has 21 heavy (non-hydrogen) atoms. The first-order valence-electron chi connectivity index (χ1n) is 6.23. The normalized spacial score (nSPS) is 10.4. The molecule has 0 aliphatic carbocycles. The Morgan fingerprint density at radius 2 is 2.05 bits per heavy atom. The molecular formula is C14H11Cl2N3O2. The average Bonchev–Trinajstić information content (AvgIpc) is 2.44. The zero-order valence-corrected chi connectivity index (χ0v) is 12.6. The number of halogens is 2. The molecule has 1 N–H and O–H groups in total. The van der Waals surface area contributed by atoms with Crippen LogP contribution < -0.4 is 11.2 Å². The molecule has 0 atom stereocenters. The third-order valence-electron chi connectivity index (χ3n) is 2.96. The number of nitriles is 1. The maximum atomic E-state index is 12.4. The van der Waals surface area contributed by atoms with Gasteiger partial charge < -0.3 is 0 Å². The third-order valence-corrected chi connectivity index (χ3v) is 3.59. The molecule has 0 saturated heterocycles. The average molecular weight is 324 g/mol. The number of rotatable bonds is 3. The van der Waals surface area contributed by atoms with Gasteiger partial charge >= 0.3 is 5.69 Å². The number of benzene rings is 1. The molecule has 2 rings (SSSR count). The Bertz CT molecular complexity index is 847. The van der Waals surface area contributed by atoms with Gasteiger partial charge in [0.05, 0.1) is 27.9 Å². The lowest BCUT2D eigenvalue weighted by molar-refractivity contribution is 0.812. The van der Waals surface area contributed by atoms with Crippen molar-refractivity contribution < 1.29 is 0 Å². The first kappa shape index (κ1) is 15.4. The number of hydrogen-bond acceptors (Lipinski definition) is 3. The molecule has 1 heterocycles. The molecule has 0 bridgehead atoms. The summed E-state index contributed by atoms with van der Waals surface area (Å²) in [6.45, 7) is 1.90. The molecule has 1 aromatic heterocycles. The van der Waals surface area contributed by atoms with E-state index in [0.29, 0.717) is 24.0 Å². The van der Waals surface area contributed by atoms with Crippen LogP contribution in [-0.4, -0.2) is 9.55 Å². The van der Waals surface area contributed by atoms with Crippen molar-refractivity contribution >= 4 is 23.2 Å². The van der Waals surface area contributed by atoms with Gasteiger partial charge in [-0.2, -0.15) is 5.26 Å². The fourth-order valence-electron chi connectivity index (χ4n) is 1.99. The van der Waals surface area contributed by atoms with Crippen LogP contribution >= 0.6 is 23.2 Å². The van der Waals surface area contributed by atoms with Gasteiger partial charge in [-0.25, -0.2) is 9.36 Å². The molecule has 1 aromatic carbocycles. The zero-order valence-electron chi connectivity index (χ0n) is 11.1. The quantitative estimate of drug-likeness (QED) is 0.882. The molecule has 0 fully saturated rings. The highest BCUT2D eigenvalue weighted by Crippen LogP contribution is 2.20. The van der Waals surface area contributed by atoms with Crippen LogP contribution in [0.15, 0.2) is 27.8 Å². The van der Waals surface area contributed by atoms with E-state index in [2.05, 4.69) is 4.98 Å². The van der Waals surface area contributed by atoms with Crippen molar-refractivity contribution in [2.24, 2.45) is 0 Å². The van der Waals surface area contributed by atoms with Gasteiger partial charge in [0.1, 0.15) is 5.15 Å². The first-order valence-corrected chi connectivity index (χ1v) is 6.99. The van der Waals surface area contributed by atoms with E-state index in [1.54, 1.807) is 0 Å². The van der Waals surface area contributed by atoms with Gasteiger partial charge in [0, 0.05) is 0 Å². The van der Waals surface area contributed by atoms with Crippen molar-refractivity contribution in [3.05, 3.63) is 60.3 Å². The topological polar surface area (TPSA) is 78.7 Å². The minimum absolute atomic E-state index is 0.0490. The molecule has 0 unspecified atom stereocenters. The largest absolute Gasteiger partial charge is 0.334 e. The Kier molecular flexibility index (Phi) is 4.51. The molecule has 5 nitrogen and oxygen atoms in total. The summed E-state index contributed by atoms with van der Waals surface area (Å²) in [5, 5.41) is 9.01. The Hall–Kier alpha value is -2.03. The lowest BCUT2D eigenvalue weighted by Gasteiger charge is -2.10. The van der Waals surface area contributed by atoms with Gasteiger partial charge in [-0.1, -0.05) is 36.5 Å². The molecule has 0 radical (unpaired) electrons. The zero-order chi connectivity index (χ0) is 15.6. The van der Waals surface area contributed by atoms with Crippen LogP contribution in [0.2, 0.25) is 10.2 Å². The maximum Gasteiger partial charge on any atom is 0.334 e. The van der Waals surface area contributed by atoms with Crippen LogP contribution in [0.4, 0.5) is 0 Å². The van der Waals surface area contributed by atoms with Gasteiger partial charge in [-0.05, 0) is 24.6 Å². The van der Waals surface area contributed by atoms with Crippen LogP contribution in [0.5, 0.6) is 0 Å². The monoisotopic (exact) mass is 323 g/mol. The minimum Gasteiger partial charge on any atom is -0.297 e. The van der Waals surface area contributed by atoms with Crippen molar-refractivity contribution in [1.82, 2.24) is 9.55 Å². The second-order valence-corrected chi connectivity index (χ2v) is 5.18. The number of aromatic amines is 1. The summed E-state index contributed by atoms with van der Waals surface area (Å²) in [5.41, 5.74) is -0.278. The van der Waals surface area contributed by atoms with Crippen LogP contribution in [-0.2, 0) is 6.42 Å². The van der Waals surface area contributed by atoms with Gasteiger partial charge in [0.25, 0.3) is 5.56 Å². The molecule has 7 heteroatoms. The van der Waals surface area contributed by atoms with E-state index in [4.69, 9.17) is 28.5 Å². The van der Waals surface area contributed by atoms with Gasteiger partial charge in [-0.3, -0.25) is 9.78 Å². The SMILES string of the molecule is CCCc1c(Cl)[nH]c(=O)n(-c2ccc(C#N)cc2Cl)c1=O. The van der Waals surface area contributed by atoms with E-state index in [-0.39, 0.29) is 15.9 Å². The molecule has 0 spiro atoms. The van der Waals surface area contributed by atoms with Crippen molar-refractivity contribution in [2.75, 3.05) is 0 Å². The fourth-order valence-corrected chi connectivity index (χ4v) is 2.51. The van der Waals surface area contributed by atoms with Crippen molar-refractivity contribution in [1.29, 1.82) is 5.26 Å². The van der Waals surface area contributed by atoms with Crippen LogP contribution in [0, 0.1) is 11.3 Å². The van der Waals surface area contributed by atoms with Crippen molar-refractivity contribution in [2.45, 2.75) is 19.8 Å². The molecule has 0 aliphatic heterocycles. The smallest absolute Gasteiger partial charge is 0.297 e. The Morgan fingerprint density at radius 1 is 1.33 bits per heavy atom. The standard InChI is InChI=1S/C14H11Cl2N3O2/c1-2-3-9-12(16)18-14(21)19(13(9)20)11-5-4-8(7-17)6-10(11)15/h4-6H,2-3H2,1H3,(H,18,21). The van der Waals surface area contributed by atoms with Crippen LogP contribution in [0.1, 0.15) is 24.5 Å². The van der Waals surface area contributed by atoms with Crippen molar-refractivity contribution in [3.63, 3.8) is 0 Å². The molecule has 108 valence electrons. The maximum absolute atomic E-state index is 12.4. The van der Waals surface area contributed by atoms with Gasteiger partial charge in [0.2, 0.25) is 0 Å². The summed E-state index contributed by atoms with van der Waals surface area (Å²) >= 11 is 12.0. The summed E-state index contributed by atoms with van der Waals surface area (Å²) in [7, 11) is 0. The fraction of sp³-hybridized carbons (Fsp3) is 0.214. The molecule has 0 aliphatic rings. The number of hydrogen-bond donors (Lipinski definition) is 1. The number of aromatic nitrogens is 2. The highest BCUT2D eigenvalue weighted by Gasteiger charge is 2.15. The summed E-state index contributed by atoms with van der Waals surface area (Å²) in [4.78, 5) is 26.9. The summed E-state index contributed by atoms with van der Waals surface area (Å²) in [6, 6.07) is 6.28. The van der Waals surface area contributed by atoms with Gasteiger partial charge in [0.15, 0.2) is 0 Å². The molecule has 0 saturated carbocycles. The Labute approximate surface area is 130 Å². The number of H-pyrrole nitrogens is 1. The third kappa shape index (κ3) is 2.87. The van der Waals surface area contributed by atoms with Crippen LogP contribution in [0.25, 0.3) is 5.69 Å². The van der Waals surface area contributed by atoms with E-state index in [0.717, 1.165) is 4.57 Å². The van der Waals surface area contributed by atoms with E-state index in [9.17, 15) is 9.59 Å². The highest BCUT2D eigenvalue weighted by atomic mass is 35.5. The van der Waals surface area contributed by atoms with Gasteiger partial charge in [-0.15, -0.1) is 0 Å². The lowest BCUT2D eigenvalue weighted by atomic mass is 10.2. The first-order chi connectivity index (χ1) is 9.99. The highest BCUT2D eigenvalue weighted by molar-refractivity contribution is 6.32. The number of nitrogens with one attached hydrogen (secondary N) is 1. The minimum atomic E-state index is -0.670. The predicted octanol–water partition coefficient (Wildman–Crippen LogP) is 2.66. The summed E-state index contributed by atoms with van der Waals surface area (Å²) in [5.74, 6) is 0. The van der Waals surface area contributed by atoms with Crippen LogP contribution in [0.3, 0.4) is 0 Å². The van der Waals surface area contributed by atoms with E-state index >= 15 is 0 Å². The second kappa shape index (κ2) is 6.17. The summed E-state index contributed by atoms with van der Waals surface area (Å²) < 4.78 is 0.931. The predicted molar refractivity (Wildman–Crippen MR) is 81.4 cm³/mol. The van der Waals surface area contributed by atoms with E-state index < -0.39 is 11.2 Å². The molecule has 0 amide bonds. The molecule has 2 aromatic rings. The van der Waals surface area contributed by atoms with Crippen molar-refractivity contribution in [3.8, 4) is 11.8 Å². The second-order valence-electron chi connectivity index (χ2n) is 4.39.